The molecule has 0 saturated carbocycles. The maximum atomic E-state index is 12.5. The lowest BCUT2D eigenvalue weighted by molar-refractivity contribution is 0.0444. The summed E-state index contributed by atoms with van der Waals surface area (Å²) in [5, 5.41) is 17.1. The van der Waals surface area contributed by atoms with Gasteiger partial charge in [-0.3, -0.25) is 0 Å². The highest BCUT2D eigenvalue weighted by Crippen LogP contribution is 2.26. The summed E-state index contributed by atoms with van der Waals surface area (Å²) in [5.74, 6) is 0. The van der Waals surface area contributed by atoms with Gasteiger partial charge >= 0.3 is 6.03 Å². The molecule has 8 nitrogen and oxygen atoms in total. The van der Waals surface area contributed by atoms with Crippen LogP contribution in [0.4, 0.5) is 10.5 Å². The molecule has 1 atom stereocenters. The fourth-order valence-corrected chi connectivity index (χ4v) is 3.38. The first-order valence-corrected chi connectivity index (χ1v) is 9.20. The van der Waals surface area contributed by atoms with Gasteiger partial charge < -0.3 is 15.4 Å². The lowest BCUT2D eigenvalue weighted by Gasteiger charge is -2.26. The van der Waals surface area contributed by atoms with Gasteiger partial charge in [-0.25, -0.2) is 9.48 Å². The third kappa shape index (κ3) is 3.72. The average Bonchev–Trinajstić information content (AvgIpc) is 3.24. The Balaban J connectivity index is 1.45. The predicted octanol–water partition coefficient (Wildman–Crippen LogP) is 2.71. The molecule has 0 aliphatic carbocycles. The van der Waals surface area contributed by atoms with E-state index >= 15 is 0 Å². The van der Waals surface area contributed by atoms with Crippen molar-refractivity contribution in [3.8, 4) is 5.69 Å². The maximum Gasteiger partial charge on any atom is 0.319 e. The minimum atomic E-state index is -0.275. The normalized spacial score (nSPS) is 15.7. The number of hydrogen-bond donors (Lipinski definition) is 2. The first kappa shape index (κ1) is 18.1. The van der Waals surface area contributed by atoms with Gasteiger partial charge in [0.15, 0.2) is 0 Å². The molecule has 8 heteroatoms. The standard InChI is InChI=1S/C20H22N6O2/c1-13-9-16(26-12-22-24-25-26)10-18(14(13)2)23-20(27)21-11-19-17-6-4-3-5-15(17)7-8-28-19/h3-6,9-10,12,19H,7-8,11H2,1-2H3,(H2,21,23,27)/t19-/m0/s1. The molecule has 28 heavy (non-hydrogen) atoms. The third-order valence-corrected chi connectivity index (χ3v) is 5.05. The van der Waals surface area contributed by atoms with Crippen LogP contribution in [0.3, 0.4) is 0 Å². The molecule has 0 radical (unpaired) electrons. The van der Waals surface area contributed by atoms with E-state index in [9.17, 15) is 4.79 Å². The van der Waals surface area contributed by atoms with Gasteiger partial charge in [-0.15, -0.1) is 5.10 Å². The second-order valence-electron chi connectivity index (χ2n) is 6.83. The van der Waals surface area contributed by atoms with Crippen LogP contribution in [0.1, 0.15) is 28.4 Å². The molecule has 2 heterocycles. The van der Waals surface area contributed by atoms with Gasteiger partial charge in [0.2, 0.25) is 0 Å². The van der Waals surface area contributed by atoms with Gasteiger partial charge in [0.25, 0.3) is 0 Å². The number of rotatable bonds is 4. The lowest BCUT2D eigenvalue weighted by Crippen LogP contribution is -2.35. The van der Waals surface area contributed by atoms with Gasteiger partial charge in [0, 0.05) is 12.2 Å². The molecule has 0 fully saturated rings. The largest absolute Gasteiger partial charge is 0.371 e. The van der Waals surface area contributed by atoms with E-state index in [2.05, 4.69) is 38.3 Å². The SMILES string of the molecule is Cc1cc(-n2cnnn2)cc(NC(=O)NC[C@@H]2OCCc3ccccc32)c1C. The van der Waals surface area contributed by atoms with Crippen LogP contribution in [0.5, 0.6) is 0 Å². The number of carbonyl (C=O) groups excluding carboxylic acids is 1. The molecule has 1 aliphatic rings. The zero-order valence-corrected chi connectivity index (χ0v) is 15.8. The molecule has 0 unspecified atom stereocenters. The molecule has 2 amide bonds. The second-order valence-corrected chi connectivity index (χ2v) is 6.83. The van der Waals surface area contributed by atoms with Gasteiger partial charge in [-0.05, 0) is 65.1 Å². The van der Waals surface area contributed by atoms with E-state index in [1.807, 2.05) is 38.1 Å². The monoisotopic (exact) mass is 378 g/mol. The fourth-order valence-electron chi connectivity index (χ4n) is 3.38. The summed E-state index contributed by atoms with van der Waals surface area (Å²) in [7, 11) is 0. The highest BCUT2D eigenvalue weighted by molar-refractivity contribution is 5.90. The topological polar surface area (TPSA) is 94.0 Å². The Morgan fingerprint density at radius 1 is 1.29 bits per heavy atom. The number of amides is 2. The van der Waals surface area contributed by atoms with Gasteiger partial charge in [0.05, 0.1) is 12.3 Å². The summed E-state index contributed by atoms with van der Waals surface area (Å²) in [6.45, 7) is 5.03. The molecule has 0 bridgehead atoms. The quantitative estimate of drug-likeness (QED) is 0.728. The van der Waals surface area contributed by atoms with Crippen molar-refractivity contribution in [2.75, 3.05) is 18.5 Å². The Morgan fingerprint density at radius 2 is 2.14 bits per heavy atom. The number of anilines is 1. The van der Waals surface area contributed by atoms with Crippen molar-refractivity contribution in [3.63, 3.8) is 0 Å². The summed E-state index contributed by atoms with van der Waals surface area (Å²) < 4.78 is 7.41. The number of nitrogens with one attached hydrogen (secondary N) is 2. The Kier molecular flexibility index (Phi) is 5.03. The molecule has 4 rings (SSSR count). The molecule has 144 valence electrons. The molecule has 1 aliphatic heterocycles. The van der Waals surface area contributed by atoms with Gasteiger partial charge in [-0.2, -0.15) is 0 Å². The van der Waals surface area contributed by atoms with Crippen molar-refractivity contribution in [3.05, 3.63) is 65.0 Å². The van der Waals surface area contributed by atoms with Crippen molar-refractivity contribution in [2.24, 2.45) is 0 Å². The minimum absolute atomic E-state index is 0.133. The zero-order chi connectivity index (χ0) is 19.5. The molecule has 3 aromatic rings. The first-order chi connectivity index (χ1) is 13.6. The highest BCUT2D eigenvalue weighted by atomic mass is 16.5. The number of tetrazole rings is 1. The van der Waals surface area contributed by atoms with Crippen LogP contribution < -0.4 is 10.6 Å². The highest BCUT2D eigenvalue weighted by Gasteiger charge is 2.21. The Morgan fingerprint density at radius 3 is 2.96 bits per heavy atom. The third-order valence-electron chi connectivity index (χ3n) is 5.05. The Bertz CT molecular complexity index is 986. The Hall–Kier alpha value is -3.26. The predicted molar refractivity (Wildman–Crippen MR) is 104 cm³/mol. The van der Waals surface area contributed by atoms with E-state index in [1.54, 1.807) is 4.68 Å². The van der Waals surface area contributed by atoms with E-state index in [1.165, 1.54) is 11.9 Å². The second kappa shape index (κ2) is 7.77. The van der Waals surface area contributed by atoms with Crippen LogP contribution >= 0.6 is 0 Å². The number of aromatic nitrogens is 4. The first-order valence-electron chi connectivity index (χ1n) is 9.20. The summed E-state index contributed by atoms with van der Waals surface area (Å²) >= 11 is 0. The Labute approximate surface area is 162 Å². The molecule has 2 aromatic carbocycles. The van der Waals surface area contributed by atoms with E-state index in [0.717, 1.165) is 28.8 Å². The molecular weight excluding hydrogens is 356 g/mol. The minimum Gasteiger partial charge on any atom is -0.371 e. The van der Waals surface area contributed by atoms with Crippen LogP contribution in [0, 0.1) is 13.8 Å². The summed E-state index contributed by atoms with van der Waals surface area (Å²) in [4.78, 5) is 12.5. The number of benzene rings is 2. The van der Waals surface area contributed by atoms with Crippen LogP contribution in [-0.4, -0.2) is 39.4 Å². The zero-order valence-electron chi connectivity index (χ0n) is 15.8. The molecule has 0 saturated heterocycles. The van der Waals surface area contributed by atoms with Crippen molar-refractivity contribution >= 4 is 11.7 Å². The number of carbonyl (C=O) groups is 1. The van der Waals surface area contributed by atoms with Gasteiger partial charge in [-0.1, -0.05) is 24.3 Å². The average molecular weight is 378 g/mol. The smallest absolute Gasteiger partial charge is 0.319 e. The van der Waals surface area contributed by atoms with Gasteiger partial charge in [0.1, 0.15) is 12.4 Å². The van der Waals surface area contributed by atoms with Crippen molar-refractivity contribution < 1.29 is 9.53 Å². The van der Waals surface area contributed by atoms with Crippen molar-refractivity contribution in [2.45, 2.75) is 26.4 Å². The molecule has 0 spiro atoms. The number of urea groups is 1. The van der Waals surface area contributed by atoms with E-state index in [-0.39, 0.29) is 12.1 Å². The number of hydrogen-bond acceptors (Lipinski definition) is 5. The summed E-state index contributed by atoms with van der Waals surface area (Å²) in [6.07, 6.45) is 2.29. The number of nitrogens with zero attached hydrogens (tertiary/aromatic N) is 4. The van der Waals surface area contributed by atoms with Crippen LogP contribution in [0.2, 0.25) is 0 Å². The van der Waals surface area contributed by atoms with E-state index in [4.69, 9.17) is 4.74 Å². The summed E-state index contributed by atoms with van der Waals surface area (Å²) in [5.41, 5.74) is 5.95. The summed E-state index contributed by atoms with van der Waals surface area (Å²) in [6, 6.07) is 11.7. The van der Waals surface area contributed by atoms with E-state index < -0.39 is 0 Å². The maximum absolute atomic E-state index is 12.5. The lowest BCUT2D eigenvalue weighted by atomic mass is 9.98. The molecule has 2 N–H and O–H groups in total. The van der Waals surface area contributed by atoms with Crippen LogP contribution in [-0.2, 0) is 11.2 Å². The van der Waals surface area contributed by atoms with Crippen molar-refractivity contribution in [1.82, 2.24) is 25.5 Å². The molecule has 1 aromatic heterocycles. The number of aryl methyl sites for hydroxylation is 1. The van der Waals surface area contributed by atoms with E-state index in [0.29, 0.717) is 18.8 Å². The molecular formula is C20H22N6O2. The van der Waals surface area contributed by atoms with Crippen molar-refractivity contribution in [1.29, 1.82) is 0 Å². The van der Waals surface area contributed by atoms with Crippen LogP contribution in [0.15, 0.2) is 42.7 Å². The van der Waals surface area contributed by atoms with Crippen LogP contribution in [0.25, 0.3) is 5.69 Å². The number of fused-ring (bicyclic) bond motifs is 1. The fraction of sp³-hybridized carbons (Fsp3) is 0.300. The number of ether oxygens (including phenoxy) is 1.